The van der Waals surface area contributed by atoms with Crippen molar-refractivity contribution in [3.63, 3.8) is 0 Å². The Labute approximate surface area is 132 Å². The lowest BCUT2D eigenvalue weighted by Gasteiger charge is -2.12. The molecule has 0 saturated heterocycles. The number of nitrogens with one attached hydrogen (secondary N) is 1. The van der Waals surface area contributed by atoms with Gasteiger partial charge >= 0.3 is 0 Å². The maximum Gasteiger partial charge on any atom is 0.236 e. The molecule has 2 aromatic carbocycles. The van der Waals surface area contributed by atoms with Crippen molar-refractivity contribution in [2.45, 2.75) is 12.7 Å². The van der Waals surface area contributed by atoms with Crippen molar-refractivity contribution in [2.75, 3.05) is 4.72 Å². The van der Waals surface area contributed by atoms with Gasteiger partial charge in [0.2, 0.25) is 10.0 Å². The molecule has 0 bridgehead atoms. The molecule has 0 aliphatic carbocycles. The molecule has 0 aromatic heterocycles. The normalized spacial score (nSPS) is 10.9. The predicted octanol–water partition coefficient (Wildman–Crippen LogP) is 3.57. The summed E-state index contributed by atoms with van der Waals surface area (Å²) in [5.41, 5.74) is 2.20. The first-order valence-electron chi connectivity index (χ1n) is 6.16. The van der Waals surface area contributed by atoms with Crippen LogP contribution in [-0.4, -0.2) is 8.42 Å². The van der Waals surface area contributed by atoms with Gasteiger partial charge in [0.15, 0.2) is 0 Å². The number of rotatable bonds is 4. The number of hydrogen-bond donors (Lipinski definition) is 1. The van der Waals surface area contributed by atoms with Gasteiger partial charge in [0.1, 0.15) is 0 Å². The molecule has 0 saturated carbocycles. The van der Waals surface area contributed by atoms with Crippen molar-refractivity contribution in [3.8, 4) is 6.07 Å². The van der Waals surface area contributed by atoms with E-state index in [-0.39, 0.29) is 5.75 Å². The van der Waals surface area contributed by atoms with E-state index in [1.807, 2.05) is 19.1 Å². The molecule has 0 spiro atoms. The Morgan fingerprint density at radius 3 is 2.62 bits per heavy atom. The van der Waals surface area contributed by atoms with Gasteiger partial charge in [-0.05, 0) is 36.2 Å². The first-order valence-corrected chi connectivity index (χ1v) is 8.61. The first kappa shape index (κ1) is 15.5. The van der Waals surface area contributed by atoms with E-state index < -0.39 is 10.0 Å². The summed E-state index contributed by atoms with van der Waals surface area (Å²) < 4.78 is 27.9. The molecule has 2 aromatic rings. The van der Waals surface area contributed by atoms with E-state index in [4.69, 9.17) is 5.26 Å². The van der Waals surface area contributed by atoms with E-state index >= 15 is 0 Å². The van der Waals surface area contributed by atoms with E-state index in [9.17, 15) is 8.42 Å². The lowest BCUT2D eigenvalue weighted by atomic mass is 10.1. The molecule has 108 valence electrons. The third-order valence-corrected chi connectivity index (χ3v) is 5.10. The van der Waals surface area contributed by atoms with Crippen LogP contribution in [0.2, 0.25) is 0 Å². The third-order valence-electron chi connectivity index (χ3n) is 3.02. The van der Waals surface area contributed by atoms with Gasteiger partial charge in [0.05, 0.1) is 23.1 Å². The summed E-state index contributed by atoms with van der Waals surface area (Å²) in [6, 6.07) is 14.0. The predicted molar refractivity (Wildman–Crippen MR) is 86.3 cm³/mol. The van der Waals surface area contributed by atoms with Gasteiger partial charge < -0.3 is 0 Å². The van der Waals surface area contributed by atoms with Crippen LogP contribution in [0.15, 0.2) is 46.9 Å². The number of nitriles is 1. The van der Waals surface area contributed by atoms with Gasteiger partial charge in [0.25, 0.3) is 0 Å². The largest absolute Gasteiger partial charge is 0.283 e. The minimum Gasteiger partial charge on any atom is -0.283 e. The van der Waals surface area contributed by atoms with E-state index in [0.717, 1.165) is 10.0 Å². The summed E-state index contributed by atoms with van der Waals surface area (Å²) in [5, 5.41) is 9.01. The second-order valence-electron chi connectivity index (χ2n) is 4.54. The van der Waals surface area contributed by atoms with Crippen LogP contribution >= 0.6 is 15.9 Å². The molecule has 1 N–H and O–H groups in total. The molecule has 0 aliphatic rings. The molecule has 0 aliphatic heterocycles. The van der Waals surface area contributed by atoms with Crippen LogP contribution < -0.4 is 4.72 Å². The second-order valence-corrected chi connectivity index (χ2v) is 7.12. The van der Waals surface area contributed by atoms with Gasteiger partial charge in [-0.1, -0.05) is 40.2 Å². The minimum atomic E-state index is -3.58. The Hall–Kier alpha value is -1.84. The standard InChI is InChI=1S/C15H13BrN2O2S/c1-11-14(16)7-4-8-15(11)18-21(19,20)10-13-6-3-2-5-12(13)9-17/h2-8,18H,10H2,1H3. The highest BCUT2D eigenvalue weighted by atomic mass is 79.9. The Morgan fingerprint density at radius 1 is 1.19 bits per heavy atom. The summed E-state index contributed by atoms with van der Waals surface area (Å²) >= 11 is 3.37. The molecule has 0 atom stereocenters. The Kier molecular flexibility index (Phi) is 4.66. The average Bonchev–Trinajstić information content (AvgIpc) is 2.44. The zero-order valence-corrected chi connectivity index (χ0v) is 13.7. The van der Waals surface area contributed by atoms with Crippen LogP contribution in [0.4, 0.5) is 5.69 Å². The van der Waals surface area contributed by atoms with Gasteiger partial charge in [-0.3, -0.25) is 4.72 Å². The summed E-state index contributed by atoms with van der Waals surface area (Å²) in [6.07, 6.45) is 0. The lowest BCUT2D eigenvalue weighted by Crippen LogP contribution is -2.16. The Bertz CT molecular complexity index is 811. The van der Waals surface area contributed by atoms with Crippen molar-refractivity contribution in [3.05, 3.63) is 63.6 Å². The van der Waals surface area contributed by atoms with Crippen LogP contribution in [-0.2, 0) is 15.8 Å². The minimum absolute atomic E-state index is 0.233. The molecule has 2 rings (SSSR count). The molecular formula is C15H13BrN2O2S. The SMILES string of the molecule is Cc1c(Br)cccc1NS(=O)(=O)Cc1ccccc1C#N. The fourth-order valence-corrected chi connectivity index (χ4v) is 3.54. The molecule has 6 heteroatoms. The van der Waals surface area contributed by atoms with Crippen LogP contribution in [0.1, 0.15) is 16.7 Å². The van der Waals surface area contributed by atoms with Gasteiger partial charge in [-0.15, -0.1) is 0 Å². The third kappa shape index (κ3) is 3.84. The molecule has 0 amide bonds. The molecule has 21 heavy (non-hydrogen) atoms. The second kappa shape index (κ2) is 6.29. The number of benzene rings is 2. The van der Waals surface area contributed by atoms with Crippen molar-refractivity contribution in [2.24, 2.45) is 0 Å². The summed E-state index contributed by atoms with van der Waals surface area (Å²) in [6.45, 7) is 1.82. The first-order chi connectivity index (χ1) is 9.93. The number of sulfonamides is 1. The molecule has 0 unspecified atom stereocenters. The van der Waals surface area contributed by atoms with Crippen LogP contribution in [0.5, 0.6) is 0 Å². The fraction of sp³-hybridized carbons (Fsp3) is 0.133. The zero-order chi connectivity index (χ0) is 15.5. The van der Waals surface area contributed by atoms with Gasteiger partial charge in [-0.2, -0.15) is 5.26 Å². The van der Waals surface area contributed by atoms with Crippen LogP contribution in [0, 0.1) is 18.3 Å². The summed E-state index contributed by atoms with van der Waals surface area (Å²) in [7, 11) is -3.58. The van der Waals surface area contributed by atoms with Gasteiger partial charge in [-0.25, -0.2) is 8.42 Å². The van der Waals surface area contributed by atoms with Gasteiger partial charge in [0, 0.05) is 4.47 Å². The maximum absolute atomic E-state index is 12.3. The topological polar surface area (TPSA) is 70.0 Å². The van der Waals surface area contributed by atoms with Crippen molar-refractivity contribution in [1.29, 1.82) is 5.26 Å². The van der Waals surface area contributed by atoms with Crippen molar-refractivity contribution >= 4 is 31.6 Å². The molecule has 0 fully saturated rings. The lowest BCUT2D eigenvalue weighted by molar-refractivity contribution is 0.600. The zero-order valence-electron chi connectivity index (χ0n) is 11.3. The number of hydrogen-bond acceptors (Lipinski definition) is 3. The highest BCUT2D eigenvalue weighted by molar-refractivity contribution is 9.10. The maximum atomic E-state index is 12.3. The van der Waals surface area contributed by atoms with Crippen LogP contribution in [0.25, 0.3) is 0 Å². The van der Waals surface area contributed by atoms with E-state index in [1.165, 1.54) is 0 Å². The molecule has 0 heterocycles. The highest BCUT2D eigenvalue weighted by Gasteiger charge is 2.15. The number of nitrogens with zero attached hydrogens (tertiary/aromatic N) is 1. The van der Waals surface area contributed by atoms with E-state index in [1.54, 1.807) is 36.4 Å². The summed E-state index contributed by atoms with van der Waals surface area (Å²) in [4.78, 5) is 0. The fourth-order valence-electron chi connectivity index (χ4n) is 1.88. The average molecular weight is 365 g/mol. The van der Waals surface area contributed by atoms with E-state index in [2.05, 4.69) is 20.7 Å². The quantitative estimate of drug-likeness (QED) is 0.901. The van der Waals surface area contributed by atoms with E-state index in [0.29, 0.717) is 16.8 Å². The molecular weight excluding hydrogens is 352 g/mol. The Morgan fingerprint density at radius 2 is 1.90 bits per heavy atom. The molecule has 4 nitrogen and oxygen atoms in total. The van der Waals surface area contributed by atoms with Crippen molar-refractivity contribution in [1.82, 2.24) is 0 Å². The highest BCUT2D eigenvalue weighted by Crippen LogP contribution is 2.25. The van der Waals surface area contributed by atoms with Crippen LogP contribution in [0.3, 0.4) is 0 Å². The number of anilines is 1. The Balaban J connectivity index is 2.28. The monoisotopic (exact) mass is 364 g/mol. The smallest absolute Gasteiger partial charge is 0.236 e. The summed E-state index contributed by atoms with van der Waals surface area (Å²) in [5.74, 6) is -0.233. The van der Waals surface area contributed by atoms with Crippen molar-refractivity contribution < 1.29 is 8.42 Å². The molecule has 0 radical (unpaired) electrons. The number of halogens is 1.